The van der Waals surface area contributed by atoms with Gasteiger partial charge in [0.2, 0.25) is 0 Å². The van der Waals surface area contributed by atoms with Crippen molar-refractivity contribution in [3.05, 3.63) is 18.0 Å². The highest BCUT2D eigenvalue weighted by molar-refractivity contribution is 4.95. The SMILES string of the molecule is CC1CCCC(NCc2ccon2)C1C. The van der Waals surface area contributed by atoms with Crippen LogP contribution in [0.2, 0.25) is 0 Å². The van der Waals surface area contributed by atoms with Crippen LogP contribution in [0.3, 0.4) is 0 Å². The van der Waals surface area contributed by atoms with Crippen LogP contribution in [0.5, 0.6) is 0 Å². The van der Waals surface area contributed by atoms with Gasteiger partial charge in [-0.05, 0) is 18.3 Å². The van der Waals surface area contributed by atoms with Gasteiger partial charge in [-0.1, -0.05) is 31.8 Å². The molecule has 3 nitrogen and oxygen atoms in total. The highest BCUT2D eigenvalue weighted by Gasteiger charge is 2.26. The third-order valence-corrected chi connectivity index (χ3v) is 3.74. The minimum absolute atomic E-state index is 0.644. The number of hydrogen-bond donors (Lipinski definition) is 1. The van der Waals surface area contributed by atoms with Crippen molar-refractivity contribution < 1.29 is 4.52 Å². The predicted octanol–water partition coefficient (Wildman–Crippen LogP) is 2.59. The number of nitrogens with one attached hydrogen (secondary N) is 1. The Hall–Kier alpha value is -0.830. The number of rotatable bonds is 3. The maximum absolute atomic E-state index is 4.81. The Kier molecular flexibility index (Phi) is 3.41. The maximum atomic E-state index is 4.81. The molecule has 2 rings (SSSR count). The van der Waals surface area contributed by atoms with Gasteiger partial charge >= 0.3 is 0 Å². The molecule has 1 aromatic rings. The minimum Gasteiger partial charge on any atom is -0.364 e. The van der Waals surface area contributed by atoms with Crippen molar-refractivity contribution in [3.8, 4) is 0 Å². The first-order chi connectivity index (χ1) is 7.27. The van der Waals surface area contributed by atoms with Crippen LogP contribution in [-0.2, 0) is 6.54 Å². The van der Waals surface area contributed by atoms with E-state index in [0.29, 0.717) is 6.04 Å². The van der Waals surface area contributed by atoms with Gasteiger partial charge in [0, 0.05) is 18.7 Å². The van der Waals surface area contributed by atoms with Crippen LogP contribution < -0.4 is 5.32 Å². The van der Waals surface area contributed by atoms with E-state index in [1.54, 1.807) is 6.26 Å². The molecule has 1 aliphatic carbocycles. The van der Waals surface area contributed by atoms with Crippen LogP contribution in [-0.4, -0.2) is 11.2 Å². The van der Waals surface area contributed by atoms with Crippen molar-refractivity contribution in [2.75, 3.05) is 0 Å². The van der Waals surface area contributed by atoms with Gasteiger partial charge in [0.25, 0.3) is 0 Å². The molecule has 84 valence electrons. The lowest BCUT2D eigenvalue weighted by Gasteiger charge is -2.34. The summed E-state index contributed by atoms with van der Waals surface area (Å²) in [4.78, 5) is 0. The molecule has 3 atom stereocenters. The molecule has 0 spiro atoms. The van der Waals surface area contributed by atoms with Crippen LogP contribution in [0.4, 0.5) is 0 Å². The third-order valence-electron chi connectivity index (χ3n) is 3.74. The highest BCUT2D eigenvalue weighted by atomic mass is 16.5. The summed E-state index contributed by atoms with van der Waals surface area (Å²) >= 11 is 0. The second-order valence-electron chi connectivity index (χ2n) is 4.75. The molecule has 3 heteroatoms. The zero-order valence-corrected chi connectivity index (χ0v) is 9.57. The molecule has 3 unspecified atom stereocenters. The van der Waals surface area contributed by atoms with Crippen LogP contribution >= 0.6 is 0 Å². The molecule has 0 radical (unpaired) electrons. The van der Waals surface area contributed by atoms with E-state index in [1.807, 2.05) is 6.07 Å². The van der Waals surface area contributed by atoms with Gasteiger partial charge in [0.05, 0.1) is 5.69 Å². The van der Waals surface area contributed by atoms with Crippen LogP contribution in [0.25, 0.3) is 0 Å². The lowest BCUT2D eigenvalue weighted by atomic mass is 9.78. The number of aromatic nitrogens is 1. The molecular formula is C12H20N2O. The molecule has 1 aliphatic rings. The summed E-state index contributed by atoms with van der Waals surface area (Å²) < 4.78 is 4.81. The van der Waals surface area contributed by atoms with E-state index in [-0.39, 0.29) is 0 Å². The molecule has 15 heavy (non-hydrogen) atoms. The van der Waals surface area contributed by atoms with Gasteiger partial charge in [-0.3, -0.25) is 0 Å². The molecule has 1 N–H and O–H groups in total. The van der Waals surface area contributed by atoms with Crippen molar-refractivity contribution in [3.63, 3.8) is 0 Å². The minimum atomic E-state index is 0.644. The molecular weight excluding hydrogens is 188 g/mol. The molecule has 0 aliphatic heterocycles. The largest absolute Gasteiger partial charge is 0.364 e. The molecule has 1 heterocycles. The van der Waals surface area contributed by atoms with E-state index in [9.17, 15) is 0 Å². The fourth-order valence-electron chi connectivity index (χ4n) is 2.43. The second kappa shape index (κ2) is 4.79. The van der Waals surface area contributed by atoms with E-state index in [4.69, 9.17) is 4.52 Å². The molecule has 1 fully saturated rings. The first-order valence-electron chi connectivity index (χ1n) is 5.90. The molecule has 1 saturated carbocycles. The van der Waals surface area contributed by atoms with E-state index in [1.165, 1.54) is 19.3 Å². The molecule has 0 saturated heterocycles. The maximum Gasteiger partial charge on any atom is 0.124 e. The first kappa shape index (κ1) is 10.7. The Bertz CT molecular complexity index is 284. The van der Waals surface area contributed by atoms with Crippen LogP contribution in [0.1, 0.15) is 38.8 Å². The van der Waals surface area contributed by atoms with Crippen molar-refractivity contribution in [2.24, 2.45) is 11.8 Å². The standard InChI is InChI=1S/C12H20N2O/c1-9-4-3-5-12(10(9)2)13-8-11-6-7-15-14-11/h6-7,9-10,12-13H,3-5,8H2,1-2H3. The molecule has 0 amide bonds. The van der Waals surface area contributed by atoms with E-state index in [0.717, 1.165) is 24.1 Å². The molecule has 0 bridgehead atoms. The van der Waals surface area contributed by atoms with Gasteiger partial charge in [0.15, 0.2) is 0 Å². The summed E-state index contributed by atoms with van der Waals surface area (Å²) in [6.45, 7) is 5.54. The molecule has 1 aromatic heterocycles. The lowest BCUT2D eigenvalue weighted by Crippen LogP contribution is -2.40. The van der Waals surface area contributed by atoms with E-state index < -0.39 is 0 Å². The lowest BCUT2D eigenvalue weighted by molar-refractivity contribution is 0.205. The van der Waals surface area contributed by atoms with Gasteiger partial charge in [-0.25, -0.2) is 0 Å². The Labute approximate surface area is 91.2 Å². The average molecular weight is 208 g/mol. The number of nitrogens with zero attached hydrogens (tertiary/aromatic N) is 1. The Morgan fingerprint density at radius 3 is 3.07 bits per heavy atom. The fourth-order valence-corrected chi connectivity index (χ4v) is 2.43. The third kappa shape index (κ3) is 2.59. The van der Waals surface area contributed by atoms with E-state index >= 15 is 0 Å². The monoisotopic (exact) mass is 208 g/mol. The zero-order chi connectivity index (χ0) is 10.7. The van der Waals surface area contributed by atoms with Gasteiger partial charge in [-0.2, -0.15) is 0 Å². The first-order valence-corrected chi connectivity index (χ1v) is 5.90. The second-order valence-corrected chi connectivity index (χ2v) is 4.75. The zero-order valence-electron chi connectivity index (χ0n) is 9.57. The highest BCUT2D eigenvalue weighted by Crippen LogP contribution is 2.29. The summed E-state index contributed by atoms with van der Waals surface area (Å²) in [5.74, 6) is 1.61. The average Bonchev–Trinajstić information content (AvgIpc) is 2.73. The van der Waals surface area contributed by atoms with Gasteiger partial charge < -0.3 is 9.84 Å². The van der Waals surface area contributed by atoms with Gasteiger partial charge in [0.1, 0.15) is 6.26 Å². The Morgan fingerprint density at radius 1 is 1.47 bits per heavy atom. The summed E-state index contributed by atoms with van der Waals surface area (Å²) in [6.07, 6.45) is 5.65. The summed E-state index contributed by atoms with van der Waals surface area (Å²) in [5.41, 5.74) is 1.00. The quantitative estimate of drug-likeness (QED) is 0.829. The van der Waals surface area contributed by atoms with Crippen LogP contribution in [0, 0.1) is 11.8 Å². The number of hydrogen-bond acceptors (Lipinski definition) is 3. The predicted molar refractivity (Wildman–Crippen MR) is 59.3 cm³/mol. The van der Waals surface area contributed by atoms with Gasteiger partial charge in [-0.15, -0.1) is 0 Å². The van der Waals surface area contributed by atoms with Crippen molar-refractivity contribution in [1.29, 1.82) is 0 Å². The fraction of sp³-hybridized carbons (Fsp3) is 0.750. The van der Waals surface area contributed by atoms with Crippen molar-refractivity contribution in [2.45, 2.75) is 45.7 Å². The molecule has 0 aromatic carbocycles. The topological polar surface area (TPSA) is 38.1 Å². The Morgan fingerprint density at radius 2 is 2.33 bits per heavy atom. The van der Waals surface area contributed by atoms with E-state index in [2.05, 4.69) is 24.3 Å². The smallest absolute Gasteiger partial charge is 0.124 e. The van der Waals surface area contributed by atoms with Crippen molar-refractivity contribution in [1.82, 2.24) is 10.5 Å². The summed E-state index contributed by atoms with van der Waals surface area (Å²) in [5, 5.41) is 7.49. The summed E-state index contributed by atoms with van der Waals surface area (Å²) in [6, 6.07) is 2.56. The normalized spacial score (nSPS) is 31.7. The van der Waals surface area contributed by atoms with Crippen LogP contribution in [0.15, 0.2) is 16.9 Å². The Balaban J connectivity index is 1.83. The van der Waals surface area contributed by atoms with Crippen molar-refractivity contribution >= 4 is 0 Å². The summed E-state index contributed by atoms with van der Waals surface area (Å²) in [7, 11) is 0.